The summed E-state index contributed by atoms with van der Waals surface area (Å²) in [6.45, 7) is 0. The monoisotopic (exact) mass is 485 g/mol. The standard InChI is InChI=1S/C31H19NO5/c33-29(21-11-9-19(10-12-21)25-17-22-5-1-3-7-27(22)36-30(25)34)32-24-15-13-20(14-16-24)26-18-23-6-2-4-8-28(23)37-31(26)35/h1-18H,(H,32,33). The molecule has 37 heavy (non-hydrogen) atoms. The van der Waals surface area contributed by atoms with Crippen LogP contribution in [-0.2, 0) is 0 Å². The van der Waals surface area contributed by atoms with E-state index in [-0.39, 0.29) is 5.91 Å². The average Bonchev–Trinajstić information content (AvgIpc) is 2.93. The van der Waals surface area contributed by atoms with Gasteiger partial charge >= 0.3 is 11.3 Å². The van der Waals surface area contributed by atoms with Crippen LogP contribution in [0.2, 0.25) is 0 Å². The summed E-state index contributed by atoms with van der Waals surface area (Å²) in [6.07, 6.45) is 0. The molecule has 2 aromatic heterocycles. The van der Waals surface area contributed by atoms with Crippen LogP contribution in [0.1, 0.15) is 10.4 Å². The van der Waals surface area contributed by atoms with E-state index < -0.39 is 11.3 Å². The first-order chi connectivity index (χ1) is 18.0. The molecule has 0 saturated heterocycles. The van der Waals surface area contributed by atoms with Crippen LogP contribution in [0.5, 0.6) is 0 Å². The Morgan fingerprint density at radius 1 is 0.568 bits per heavy atom. The van der Waals surface area contributed by atoms with E-state index in [4.69, 9.17) is 8.83 Å². The Hall–Kier alpha value is -5.23. The lowest BCUT2D eigenvalue weighted by Crippen LogP contribution is -2.12. The highest BCUT2D eigenvalue weighted by molar-refractivity contribution is 6.04. The molecule has 1 N–H and O–H groups in total. The Labute approximate surface area is 210 Å². The third-order valence-electron chi connectivity index (χ3n) is 6.19. The molecule has 0 aliphatic rings. The van der Waals surface area contributed by atoms with E-state index in [2.05, 4.69) is 5.32 Å². The molecular formula is C31H19NO5. The van der Waals surface area contributed by atoms with Crippen molar-refractivity contribution < 1.29 is 13.6 Å². The molecule has 0 aliphatic carbocycles. The number of para-hydroxylation sites is 2. The lowest BCUT2D eigenvalue weighted by molar-refractivity contribution is 0.102. The Morgan fingerprint density at radius 2 is 1.03 bits per heavy atom. The number of carbonyl (C=O) groups excluding carboxylic acids is 1. The number of benzene rings is 4. The van der Waals surface area contributed by atoms with Gasteiger partial charge in [0.25, 0.3) is 5.91 Å². The van der Waals surface area contributed by atoms with E-state index in [0.29, 0.717) is 44.7 Å². The highest BCUT2D eigenvalue weighted by atomic mass is 16.4. The van der Waals surface area contributed by atoms with E-state index in [1.54, 1.807) is 72.8 Å². The lowest BCUT2D eigenvalue weighted by Gasteiger charge is -2.08. The van der Waals surface area contributed by atoms with Gasteiger partial charge in [0.1, 0.15) is 11.2 Å². The largest absolute Gasteiger partial charge is 0.422 e. The number of fused-ring (bicyclic) bond motifs is 2. The van der Waals surface area contributed by atoms with E-state index in [0.717, 1.165) is 10.8 Å². The fourth-order valence-corrected chi connectivity index (χ4v) is 4.26. The molecule has 0 atom stereocenters. The van der Waals surface area contributed by atoms with Gasteiger partial charge in [-0.05, 0) is 59.7 Å². The first kappa shape index (κ1) is 22.2. The van der Waals surface area contributed by atoms with Crippen molar-refractivity contribution in [1.29, 1.82) is 0 Å². The zero-order chi connectivity index (χ0) is 25.4. The van der Waals surface area contributed by atoms with Gasteiger partial charge in [-0.1, -0.05) is 60.7 Å². The number of carbonyl (C=O) groups is 1. The van der Waals surface area contributed by atoms with Gasteiger partial charge in [0.15, 0.2) is 0 Å². The van der Waals surface area contributed by atoms with Crippen molar-refractivity contribution in [2.75, 3.05) is 5.32 Å². The fraction of sp³-hybridized carbons (Fsp3) is 0. The molecule has 0 aliphatic heterocycles. The molecule has 6 heteroatoms. The van der Waals surface area contributed by atoms with Crippen molar-refractivity contribution in [2.45, 2.75) is 0 Å². The first-order valence-corrected chi connectivity index (χ1v) is 11.6. The molecular weight excluding hydrogens is 466 g/mol. The van der Waals surface area contributed by atoms with Crippen molar-refractivity contribution in [3.05, 3.63) is 136 Å². The summed E-state index contributed by atoms with van der Waals surface area (Å²) in [5, 5.41) is 4.51. The molecule has 0 unspecified atom stereocenters. The normalized spacial score (nSPS) is 11.0. The van der Waals surface area contributed by atoms with Gasteiger partial charge in [-0.2, -0.15) is 0 Å². The van der Waals surface area contributed by atoms with Crippen molar-refractivity contribution >= 4 is 33.5 Å². The predicted octanol–water partition coefficient (Wildman–Crippen LogP) is 6.49. The number of rotatable bonds is 4. The summed E-state index contributed by atoms with van der Waals surface area (Å²) in [5.41, 5.74) is 3.46. The molecule has 2 heterocycles. The zero-order valence-corrected chi connectivity index (χ0v) is 19.4. The second kappa shape index (κ2) is 9.09. The molecule has 0 saturated carbocycles. The molecule has 6 aromatic rings. The average molecular weight is 485 g/mol. The summed E-state index contributed by atoms with van der Waals surface area (Å²) in [5.74, 6) is -0.296. The minimum Gasteiger partial charge on any atom is -0.422 e. The van der Waals surface area contributed by atoms with Crippen LogP contribution < -0.4 is 16.6 Å². The number of nitrogens with one attached hydrogen (secondary N) is 1. The van der Waals surface area contributed by atoms with Crippen LogP contribution >= 0.6 is 0 Å². The smallest absolute Gasteiger partial charge is 0.344 e. The minimum absolute atomic E-state index is 0.296. The Morgan fingerprint density at radius 3 is 1.54 bits per heavy atom. The van der Waals surface area contributed by atoms with Gasteiger partial charge < -0.3 is 14.2 Å². The highest BCUT2D eigenvalue weighted by Crippen LogP contribution is 2.24. The first-order valence-electron chi connectivity index (χ1n) is 11.6. The third kappa shape index (κ3) is 4.32. The minimum atomic E-state index is -0.434. The van der Waals surface area contributed by atoms with Gasteiger partial charge in [0.2, 0.25) is 0 Å². The molecule has 6 rings (SSSR count). The Balaban J connectivity index is 1.20. The molecule has 0 bridgehead atoms. The lowest BCUT2D eigenvalue weighted by atomic mass is 10.0. The van der Waals surface area contributed by atoms with Crippen molar-refractivity contribution in [3.63, 3.8) is 0 Å². The fourth-order valence-electron chi connectivity index (χ4n) is 4.26. The Kier molecular flexibility index (Phi) is 5.47. The second-order valence-electron chi connectivity index (χ2n) is 8.58. The number of hydrogen-bond acceptors (Lipinski definition) is 5. The summed E-state index contributed by atoms with van der Waals surface area (Å²) < 4.78 is 10.8. The number of hydrogen-bond donors (Lipinski definition) is 1. The van der Waals surface area contributed by atoms with Crippen molar-refractivity contribution in [2.24, 2.45) is 0 Å². The van der Waals surface area contributed by atoms with Crippen LogP contribution in [0.3, 0.4) is 0 Å². The number of anilines is 1. The molecule has 1 amide bonds. The maximum atomic E-state index is 12.8. The van der Waals surface area contributed by atoms with Crippen LogP contribution in [-0.4, -0.2) is 5.91 Å². The summed E-state index contributed by atoms with van der Waals surface area (Å²) in [4.78, 5) is 37.7. The molecule has 0 spiro atoms. The molecule has 178 valence electrons. The van der Waals surface area contributed by atoms with Gasteiger partial charge in [-0.15, -0.1) is 0 Å². The van der Waals surface area contributed by atoms with Gasteiger partial charge in [0.05, 0.1) is 11.1 Å². The summed E-state index contributed by atoms with van der Waals surface area (Å²) >= 11 is 0. The third-order valence-corrected chi connectivity index (χ3v) is 6.19. The van der Waals surface area contributed by atoms with Crippen LogP contribution in [0.25, 0.3) is 44.2 Å². The van der Waals surface area contributed by atoms with E-state index >= 15 is 0 Å². The molecule has 4 aromatic carbocycles. The van der Waals surface area contributed by atoms with E-state index in [1.807, 2.05) is 36.4 Å². The molecule has 6 nitrogen and oxygen atoms in total. The number of amides is 1. The topological polar surface area (TPSA) is 89.5 Å². The second-order valence-corrected chi connectivity index (χ2v) is 8.58. The van der Waals surface area contributed by atoms with Crippen molar-refractivity contribution in [1.82, 2.24) is 0 Å². The van der Waals surface area contributed by atoms with Crippen LogP contribution in [0.4, 0.5) is 5.69 Å². The molecule has 0 fully saturated rings. The van der Waals surface area contributed by atoms with Gasteiger partial charge in [-0.25, -0.2) is 9.59 Å². The molecule has 0 radical (unpaired) electrons. The van der Waals surface area contributed by atoms with Gasteiger partial charge in [-0.3, -0.25) is 4.79 Å². The van der Waals surface area contributed by atoms with E-state index in [9.17, 15) is 14.4 Å². The summed E-state index contributed by atoms with van der Waals surface area (Å²) in [7, 11) is 0. The Bertz CT molecular complexity index is 1900. The highest BCUT2D eigenvalue weighted by Gasteiger charge is 2.12. The zero-order valence-electron chi connectivity index (χ0n) is 19.4. The summed E-state index contributed by atoms with van der Waals surface area (Å²) in [6, 6.07) is 32.0. The maximum Gasteiger partial charge on any atom is 0.344 e. The van der Waals surface area contributed by atoms with E-state index in [1.165, 1.54) is 0 Å². The van der Waals surface area contributed by atoms with Crippen molar-refractivity contribution in [3.8, 4) is 22.3 Å². The quantitative estimate of drug-likeness (QED) is 0.289. The predicted molar refractivity (Wildman–Crippen MR) is 144 cm³/mol. The van der Waals surface area contributed by atoms with Crippen LogP contribution in [0, 0.1) is 0 Å². The van der Waals surface area contributed by atoms with Gasteiger partial charge in [0, 0.05) is 22.0 Å². The SMILES string of the molecule is O=C(Nc1ccc(-c2cc3ccccc3oc2=O)cc1)c1ccc(-c2cc3ccccc3oc2=O)cc1. The maximum absolute atomic E-state index is 12.8. The van der Waals surface area contributed by atoms with Crippen LogP contribution in [0.15, 0.2) is 128 Å².